The number of hydrogen-bond acceptors (Lipinski definition) is 4. The number of esters is 1. The van der Waals surface area contributed by atoms with Crippen LogP contribution < -0.4 is 5.73 Å². The highest BCUT2D eigenvalue weighted by Crippen LogP contribution is 2.14. The molecule has 2 N–H and O–H groups in total. The Balaban J connectivity index is 4.90. The first kappa shape index (κ1) is 14.8. The Morgan fingerprint density at radius 2 is 1.56 bits per heavy atom. The smallest absolute Gasteiger partial charge is 0.334 e. The maximum atomic E-state index is 11.7. The standard InChI is InChI=1S/C12H21NO3/c1-7(10(14)9(3)13)8(2)11(15)16-12(4,5)6/h9H,13H2,1-6H3/t9-/m0/s1. The summed E-state index contributed by atoms with van der Waals surface area (Å²) in [6.07, 6.45) is 0. The molecule has 0 aliphatic heterocycles. The Hall–Kier alpha value is -1.16. The second-order valence-electron chi connectivity index (χ2n) is 4.90. The van der Waals surface area contributed by atoms with Crippen LogP contribution in [-0.4, -0.2) is 23.4 Å². The van der Waals surface area contributed by atoms with Gasteiger partial charge in [-0.25, -0.2) is 4.79 Å². The van der Waals surface area contributed by atoms with Crippen LogP contribution in [-0.2, 0) is 14.3 Å². The van der Waals surface area contributed by atoms with Gasteiger partial charge in [-0.3, -0.25) is 4.79 Å². The van der Waals surface area contributed by atoms with Gasteiger partial charge in [0.2, 0.25) is 0 Å². The normalized spacial score (nSPS) is 15.2. The van der Waals surface area contributed by atoms with Crippen LogP contribution in [0, 0.1) is 0 Å². The molecule has 0 spiro atoms. The lowest BCUT2D eigenvalue weighted by atomic mass is 10.0. The zero-order valence-corrected chi connectivity index (χ0v) is 10.9. The van der Waals surface area contributed by atoms with Crippen molar-refractivity contribution in [1.82, 2.24) is 0 Å². The number of rotatable bonds is 3. The van der Waals surface area contributed by atoms with Gasteiger partial charge in [-0.2, -0.15) is 0 Å². The molecule has 0 unspecified atom stereocenters. The van der Waals surface area contributed by atoms with Gasteiger partial charge in [0.25, 0.3) is 0 Å². The summed E-state index contributed by atoms with van der Waals surface area (Å²) in [7, 11) is 0. The summed E-state index contributed by atoms with van der Waals surface area (Å²) in [6.45, 7) is 10.1. The van der Waals surface area contributed by atoms with Gasteiger partial charge >= 0.3 is 5.97 Å². The third-order valence-electron chi connectivity index (χ3n) is 2.05. The van der Waals surface area contributed by atoms with Crippen LogP contribution in [0.3, 0.4) is 0 Å². The van der Waals surface area contributed by atoms with Crippen LogP contribution in [0.2, 0.25) is 0 Å². The van der Waals surface area contributed by atoms with Crippen LogP contribution >= 0.6 is 0 Å². The fraction of sp³-hybridized carbons (Fsp3) is 0.667. The van der Waals surface area contributed by atoms with Crippen molar-refractivity contribution in [1.29, 1.82) is 0 Å². The van der Waals surface area contributed by atoms with Crippen LogP contribution in [0.1, 0.15) is 41.5 Å². The second-order valence-corrected chi connectivity index (χ2v) is 4.90. The van der Waals surface area contributed by atoms with Crippen LogP contribution in [0.15, 0.2) is 11.1 Å². The first-order chi connectivity index (χ1) is 7.06. The highest BCUT2D eigenvalue weighted by molar-refractivity contribution is 6.05. The Labute approximate surface area is 96.8 Å². The average Bonchev–Trinajstić information content (AvgIpc) is 2.11. The SMILES string of the molecule is CC(C(=O)OC(C)(C)C)=C(C)C(=O)[C@H](C)N. The molecule has 4 nitrogen and oxygen atoms in total. The summed E-state index contributed by atoms with van der Waals surface area (Å²) in [5.41, 5.74) is 5.59. The molecule has 0 radical (unpaired) electrons. The molecular weight excluding hydrogens is 206 g/mol. The molecule has 16 heavy (non-hydrogen) atoms. The molecule has 0 fully saturated rings. The molecule has 0 heterocycles. The first-order valence-corrected chi connectivity index (χ1v) is 5.27. The van der Waals surface area contributed by atoms with Crippen molar-refractivity contribution < 1.29 is 14.3 Å². The molecule has 0 aromatic heterocycles. The summed E-state index contributed by atoms with van der Waals surface area (Å²) in [6, 6.07) is -0.600. The van der Waals surface area contributed by atoms with Gasteiger partial charge in [-0.05, 0) is 41.5 Å². The van der Waals surface area contributed by atoms with E-state index < -0.39 is 17.6 Å². The average molecular weight is 227 g/mol. The molecule has 0 aliphatic carbocycles. The molecule has 0 bridgehead atoms. The van der Waals surface area contributed by atoms with Crippen molar-refractivity contribution in [2.24, 2.45) is 5.73 Å². The summed E-state index contributed by atoms with van der Waals surface area (Å²) in [5.74, 6) is -0.706. The number of carbonyl (C=O) groups is 2. The van der Waals surface area contributed by atoms with Crippen molar-refractivity contribution in [3.8, 4) is 0 Å². The Morgan fingerprint density at radius 1 is 1.12 bits per heavy atom. The Bertz CT molecular complexity index is 322. The van der Waals surface area contributed by atoms with Crippen molar-refractivity contribution in [3.63, 3.8) is 0 Å². The van der Waals surface area contributed by atoms with Gasteiger partial charge in [-0.1, -0.05) is 0 Å². The monoisotopic (exact) mass is 227 g/mol. The first-order valence-electron chi connectivity index (χ1n) is 5.27. The summed E-state index contributed by atoms with van der Waals surface area (Å²) in [4.78, 5) is 23.2. The van der Waals surface area contributed by atoms with Gasteiger partial charge < -0.3 is 10.5 Å². The van der Waals surface area contributed by atoms with E-state index in [1.54, 1.807) is 41.5 Å². The summed E-state index contributed by atoms with van der Waals surface area (Å²) < 4.78 is 5.16. The molecule has 0 saturated carbocycles. The lowest BCUT2D eigenvalue weighted by Crippen LogP contribution is -2.30. The third kappa shape index (κ3) is 4.57. The van der Waals surface area contributed by atoms with Crippen LogP contribution in [0.25, 0.3) is 0 Å². The van der Waals surface area contributed by atoms with E-state index in [0.29, 0.717) is 11.1 Å². The Morgan fingerprint density at radius 3 is 1.88 bits per heavy atom. The fourth-order valence-corrected chi connectivity index (χ4v) is 1.03. The zero-order valence-electron chi connectivity index (χ0n) is 10.9. The number of carbonyl (C=O) groups excluding carboxylic acids is 2. The number of ketones is 1. The minimum absolute atomic E-state index is 0.233. The summed E-state index contributed by atoms with van der Waals surface area (Å²) in [5, 5.41) is 0. The fourth-order valence-electron chi connectivity index (χ4n) is 1.03. The maximum Gasteiger partial charge on any atom is 0.334 e. The van der Waals surface area contributed by atoms with E-state index in [4.69, 9.17) is 10.5 Å². The second kappa shape index (κ2) is 5.25. The molecule has 0 rings (SSSR count). The quantitative estimate of drug-likeness (QED) is 0.587. The maximum absolute atomic E-state index is 11.7. The molecule has 1 atom stereocenters. The van der Waals surface area contributed by atoms with Crippen molar-refractivity contribution in [3.05, 3.63) is 11.1 Å². The molecular formula is C12H21NO3. The topological polar surface area (TPSA) is 69.4 Å². The highest BCUT2D eigenvalue weighted by Gasteiger charge is 2.21. The van der Waals surface area contributed by atoms with Gasteiger partial charge in [0.05, 0.1) is 6.04 Å². The molecule has 92 valence electrons. The van der Waals surface area contributed by atoms with E-state index in [0.717, 1.165) is 0 Å². The highest BCUT2D eigenvalue weighted by atomic mass is 16.6. The van der Waals surface area contributed by atoms with E-state index in [2.05, 4.69) is 0 Å². The zero-order chi connectivity index (χ0) is 13.1. The lowest BCUT2D eigenvalue weighted by Gasteiger charge is -2.20. The van der Waals surface area contributed by atoms with Gasteiger partial charge in [0.1, 0.15) is 5.60 Å². The van der Waals surface area contributed by atoms with Gasteiger partial charge in [0, 0.05) is 11.1 Å². The van der Waals surface area contributed by atoms with E-state index >= 15 is 0 Å². The number of nitrogens with two attached hydrogens (primary N) is 1. The van der Waals surface area contributed by atoms with Crippen molar-refractivity contribution >= 4 is 11.8 Å². The number of ether oxygens (including phenoxy) is 1. The van der Waals surface area contributed by atoms with E-state index in [-0.39, 0.29) is 5.78 Å². The van der Waals surface area contributed by atoms with Crippen molar-refractivity contribution in [2.45, 2.75) is 53.2 Å². The number of Topliss-reactive ketones (excluding diaryl/α,β-unsaturated/α-hetero) is 1. The minimum atomic E-state index is -0.600. The van der Waals surface area contributed by atoms with Gasteiger partial charge in [-0.15, -0.1) is 0 Å². The van der Waals surface area contributed by atoms with Gasteiger partial charge in [0.15, 0.2) is 5.78 Å². The largest absolute Gasteiger partial charge is 0.457 e. The summed E-state index contributed by atoms with van der Waals surface area (Å²) >= 11 is 0. The van der Waals surface area contributed by atoms with Crippen molar-refractivity contribution in [2.75, 3.05) is 0 Å². The minimum Gasteiger partial charge on any atom is -0.457 e. The van der Waals surface area contributed by atoms with Crippen LogP contribution in [0.4, 0.5) is 0 Å². The third-order valence-corrected chi connectivity index (χ3v) is 2.05. The molecule has 0 aromatic carbocycles. The predicted octanol–water partition coefficient (Wildman–Crippen LogP) is 1.58. The molecule has 0 aromatic rings. The molecule has 0 saturated heterocycles. The lowest BCUT2D eigenvalue weighted by molar-refractivity contribution is -0.150. The van der Waals surface area contributed by atoms with Crippen LogP contribution in [0.5, 0.6) is 0 Å². The Kier molecular flexibility index (Phi) is 4.87. The molecule has 0 amide bonds. The molecule has 0 aliphatic rings. The number of hydrogen-bond donors (Lipinski definition) is 1. The predicted molar refractivity (Wildman–Crippen MR) is 62.9 cm³/mol. The van der Waals surface area contributed by atoms with E-state index in [1.165, 1.54) is 0 Å². The molecule has 4 heteroatoms. The van der Waals surface area contributed by atoms with E-state index in [1.807, 2.05) is 0 Å². The van der Waals surface area contributed by atoms with E-state index in [9.17, 15) is 9.59 Å².